The lowest BCUT2D eigenvalue weighted by Gasteiger charge is -2.10. The molecule has 0 spiro atoms. The van der Waals surface area contributed by atoms with Crippen LogP contribution >= 0.6 is 39.1 Å². The Kier molecular flexibility index (Phi) is 4.22. The molecule has 0 fully saturated rings. The fraction of sp³-hybridized carbons (Fsp3) is 0.286. The van der Waals surface area contributed by atoms with Crippen molar-refractivity contribution < 1.29 is 8.42 Å². The maximum Gasteiger partial charge on any atom is 0.242 e. The van der Waals surface area contributed by atoms with Gasteiger partial charge in [-0.2, -0.15) is 0 Å². The third kappa shape index (κ3) is 3.48. The molecule has 0 saturated heterocycles. The van der Waals surface area contributed by atoms with Crippen LogP contribution in [-0.2, 0) is 10.0 Å². The SMILES string of the molecule is Cc1cc(Cl)nc(Cl)c1NS(=O)(=O)CBr. The summed E-state index contributed by atoms with van der Waals surface area (Å²) in [5.74, 6) is 0. The van der Waals surface area contributed by atoms with E-state index in [-0.39, 0.29) is 20.7 Å². The number of sulfonamides is 1. The van der Waals surface area contributed by atoms with Crippen molar-refractivity contribution in [2.24, 2.45) is 0 Å². The summed E-state index contributed by atoms with van der Waals surface area (Å²) in [5, 5.41) is 0.254. The summed E-state index contributed by atoms with van der Waals surface area (Å²) in [6.45, 7) is 1.69. The molecule has 1 heterocycles. The lowest BCUT2D eigenvalue weighted by Crippen LogP contribution is -2.14. The van der Waals surface area contributed by atoms with Gasteiger partial charge in [-0.05, 0) is 18.6 Å². The van der Waals surface area contributed by atoms with Crippen molar-refractivity contribution >= 4 is 54.8 Å². The Bertz CT molecular complexity index is 455. The van der Waals surface area contributed by atoms with Crippen molar-refractivity contribution in [1.29, 1.82) is 0 Å². The van der Waals surface area contributed by atoms with Crippen molar-refractivity contribution in [3.63, 3.8) is 0 Å². The molecule has 4 nitrogen and oxygen atoms in total. The molecule has 0 aliphatic heterocycles. The molecule has 84 valence electrons. The molecule has 8 heteroatoms. The standard InChI is InChI=1S/C7H7BrCl2N2O2S/c1-4-2-5(9)11-7(10)6(4)12-15(13,14)3-8/h2,12H,3H2,1H3. The highest BCUT2D eigenvalue weighted by Gasteiger charge is 2.14. The van der Waals surface area contributed by atoms with Crippen molar-refractivity contribution in [3.05, 3.63) is 21.9 Å². The number of halogens is 3. The van der Waals surface area contributed by atoms with E-state index in [1.807, 2.05) is 0 Å². The second-order valence-corrected chi connectivity index (χ2v) is 6.52. The van der Waals surface area contributed by atoms with E-state index in [1.165, 1.54) is 6.07 Å². The van der Waals surface area contributed by atoms with Gasteiger partial charge < -0.3 is 0 Å². The number of hydrogen-bond acceptors (Lipinski definition) is 3. The second kappa shape index (κ2) is 4.86. The summed E-state index contributed by atoms with van der Waals surface area (Å²) in [5.41, 5.74) is 0.866. The molecule has 0 amide bonds. The van der Waals surface area contributed by atoms with Crippen LogP contribution in [0.4, 0.5) is 5.69 Å². The molecular formula is C7H7BrCl2N2O2S. The molecule has 1 N–H and O–H groups in total. The number of pyridine rings is 1. The first-order chi connectivity index (χ1) is 6.85. The average molecular weight is 334 g/mol. The molecule has 0 bridgehead atoms. The fourth-order valence-corrected chi connectivity index (χ4v) is 2.50. The molecule has 0 aliphatic carbocycles. The van der Waals surface area contributed by atoms with E-state index in [9.17, 15) is 8.42 Å². The van der Waals surface area contributed by atoms with Gasteiger partial charge in [-0.25, -0.2) is 13.4 Å². The van der Waals surface area contributed by atoms with E-state index in [4.69, 9.17) is 23.2 Å². The third-order valence-electron chi connectivity index (χ3n) is 1.54. The summed E-state index contributed by atoms with van der Waals surface area (Å²) in [7, 11) is -3.43. The van der Waals surface area contributed by atoms with Gasteiger partial charge in [0.05, 0.1) is 5.69 Å². The Balaban J connectivity index is 3.17. The Labute approximate surface area is 106 Å². The summed E-state index contributed by atoms with van der Waals surface area (Å²) in [4.78, 5) is 3.74. The van der Waals surface area contributed by atoms with Crippen molar-refractivity contribution in [1.82, 2.24) is 4.98 Å². The van der Waals surface area contributed by atoms with Gasteiger partial charge in [0.2, 0.25) is 10.0 Å². The number of rotatable bonds is 3. The van der Waals surface area contributed by atoms with E-state index in [1.54, 1.807) is 6.92 Å². The summed E-state index contributed by atoms with van der Waals surface area (Å²) >= 11 is 14.3. The maximum atomic E-state index is 11.3. The summed E-state index contributed by atoms with van der Waals surface area (Å²) in [6, 6.07) is 1.53. The molecule has 1 rings (SSSR count). The first-order valence-electron chi connectivity index (χ1n) is 3.75. The molecule has 1 aromatic heterocycles. The van der Waals surface area contributed by atoms with Gasteiger partial charge in [0.15, 0.2) is 5.15 Å². The monoisotopic (exact) mass is 332 g/mol. The Morgan fingerprint density at radius 1 is 1.53 bits per heavy atom. The van der Waals surface area contributed by atoms with Crippen LogP contribution < -0.4 is 4.72 Å². The van der Waals surface area contributed by atoms with E-state index < -0.39 is 10.0 Å². The lowest BCUT2D eigenvalue weighted by atomic mass is 10.3. The number of nitrogens with zero attached hydrogens (tertiary/aromatic N) is 1. The minimum Gasteiger partial charge on any atom is -0.279 e. The molecular weight excluding hydrogens is 327 g/mol. The smallest absolute Gasteiger partial charge is 0.242 e. The zero-order chi connectivity index (χ0) is 11.6. The van der Waals surface area contributed by atoms with Gasteiger partial charge >= 0.3 is 0 Å². The Morgan fingerprint density at radius 3 is 2.60 bits per heavy atom. The van der Waals surface area contributed by atoms with Gasteiger partial charge in [-0.3, -0.25) is 4.72 Å². The highest BCUT2D eigenvalue weighted by atomic mass is 79.9. The first-order valence-corrected chi connectivity index (χ1v) is 7.28. The molecule has 0 atom stereocenters. The molecule has 0 unspecified atom stereocenters. The van der Waals surface area contributed by atoms with Crippen molar-refractivity contribution in [2.45, 2.75) is 6.92 Å². The van der Waals surface area contributed by atoms with Gasteiger partial charge in [-0.1, -0.05) is 39.1 Å². The minimum atomic E-state index is -3.43. The second-order valence-electron chi connectivity index (χ2n) is 2.75. The Morgan fingerprint density at radius 2 is 2.13 bits per heavy atom. The molecule has 1 aromatic rings. The summed E-state index contributed by atoms with van der Waals surface area (Å²) < 4.78 is 24.7. The van der Waals surface area contributed by atoms with Crippen LogP contribution in [0.5, 0.6) is 0 Å². The van der Waals surface area contributed by atoms with Crippen LogP contribution in [0.15, 0.2) is 6.07 Å². The zero-order valence-corrected chi connectivity index (χ0v) is 11.5. The van der Waals surface area contributed by atoms with Gasteiger partial charge in [0, 0.05) is 0 Å². The average Bonchev–Trinajstić information content (AvgIpc) is 2.11. The zero-order valence-electron chi connectivity index (χ0n) is 7.59. The van der Waals surface area contributed by atoms with Crippen LogP contribution in [0.3, 0.4) is 0 Å². The molecule has 0 aliphatic rings. The number of alkyl halides is 1. The number of nitrogens with one attached hydrogen (secondary N) is 1. The van der Waals surface area contributed by atoms with Crippen molar-refractivity contribution in [2.75, 3.05) is 9.38 Å². The Hall–Kier alpha value is -0.0400. The third-order valence-corrected chi connectivity index (χ3v) is 4.62. The van der Waals surface area contributed by atoms with E-state index in [2.05, 4.69) is 25.6 Å². The van der Waals surface area contributed by atoms with Crippen LogP contribution in [0.25, 0.3) is 0 Å². The number of aromatic nitrogens is 1. The van der Waals surface area contributed by atoms with Gasteiger partial charge in [0.25, 0.3) is 0 Å². The molecule has 15 heavy (non-hydrogen) atoms. The minimum absolute atomic E-state index is 0.0320. The topological polar surface area (TPSA) is 59.1 Å². The first kappa shape index (κ1) is 13.0. The largest absolute Gasteiger partial charge is 0.279 e. The van der Waals surface area contributed by atoms with Gasteiger partial charge in [-0.15, -0.1) is 0 Å². The van der Waals surface area contributed by atoms with Crippen LogP contribution in [0.2, 0.25) is 10.3 Å². The number of hydrogen-bond donors (Lipinski definition) is 1. The highest BCUT2D eigenvalue weighted by molar-refractivity contribution is 9.10. The number of anilines is 1. The fourth-order valence-electron chi connectivity index (χ4n) is 0.901. The van der Waals surface area contributed by atoms with Crippen molar-refractivity contribution in [3.8, 4) is 0 Å². The highest BCUT2D eigenvalue weighted by Crippen LogP contribution is 2.27. The van der Waals surface area contributed by atoms with Gasteiger partial charge in [0.1, 0.15) is 9.82 Å². The molecule has 0 aromatic carbocycles. The van der Waals surface area contributed by atoms with E-state index >= 15 is 0 Å². The van der Waals surface area contributed by atoms with E-state index in [0.29, 0.717) is 5.56 Å². The van der Waals surface area contributed by atoms with Crippen LogP contribution in [-0.4, -0.2) is 18.1 Å². The predicted molar refractivity (Wildman–Crippen MR) is 65.3 cm³/mol. The molecule has 0 radical (unpaired) electrons. The summed E-state index contributed by atoms with van der Waals surface area (Å²) in [6.07, 6.45) is 0. The maximum absolute atomic E-state index is 11.3. The van der Waals surface area contributed by atoms with E-state index in [0.717, 1.165) is 0 Å². The van der Waals surface area contributed by atoms with Crippen LogP contribution in [0.1, 0.15) is 5.56 Å². The quantitative estimate of drug-likeness (QED) is 0.683. The number of aryl methyl sites for hydroxylation is 1. The normalized spacial score (nSPS) is 11.5. The van der Waals surface area contributed by atoms with Crippen LogP contribution in [0, 0.1) is 6.92 Å². The molecule has 0 saturated carbocycles. The predicted octanol–water partition coefficient (Wildman–Crippen LogP) is 2.79. The lowest BCUT2D eigenvalue weighted by molar-refractivity contribution is 0.606.